The molecule has 0 saturated carbocycles. The lowest BCUT2D eigenvalue weighted by atomic mass is 10.1. The number of ether oxygens (including phenoxy) is 1. The van der Waals surface area contributed by atoms with Crippen LogP contribution in [0.5, 0.6) is 0 Å². The molecule has 0 bridgehead atoms. The Morgan fingerprint density at radius 3 is 2.62 bits per heavy atom. The maximum Gasteiger partial charge on any atom is 0.410 e. The van der Waals surface area contributed by atoms with Crippen molar-refractivity contribution in [2.45, 2.75) is 38.8 Å². The molecule has 1 aliphatic heterocycles. The summed E-state index contributed by atoms with van der Waals surface area (Å²) in [6.07, 6.45) is 0.337. The number of primary amides is 1. The molecular formula is C22H24Cl2N6O3S. The van der Waals surface area contributed by atoms with Crippen molar-refractivity contribution in [1.82, 2.24) is 14.9 Å². The second kappa shape index (κ2) is 9.09. The highest BCUT2D eigenvalue weighted by molar-refractivity contribution is 7.21. The van der Waals surface area contributed by atoms with Crippen LogP contribution in [-0.2, 0) is 4.74 Å². The third-order valence-corrected chi connectivity index (χ3v) is 7.03. The smallest absolute Gasteiger partial charge is 0.410 e. The molecule has 12 heteroatoms. The predicted molar refractivity (Wildman–Crippen MR) is 136 cm³/mol. The number of nitrogens with two attached hydrogens (primary N) is 2. The fourth-order valence-corrected chi connectivity index (χ4v) is 4.92. The molecule has 9 nitrogen and oxygen atoms in total. The molecular weight excluding hydrogens is 499 g/mol. The molecule has 0 aliphatic carbocycles. The number of nitrogen functional groups attached to an aromatic ring is 1. The molecule has 2 aromatic heterocycles. The highest BCUT2D eigenvalue weighted by atomic mass is 35.5. The van der Waals surface area contributed by atoms with E-state index >= 15 is 0 Å². The molecule has 1 saturated heterocycles. The van der Waals surface area contributed by atoms with Gasteiger partial charge in [-0.25, -0.2) is 14.8 Å². The van der Waals surface area contributed by atoms with E-state index in [-0.39, 0.29) is 22.7 Å². The van der Waals surface area contributed by atoms with Gasteiger partial charge in [-0.05, 0) is 39.3 Å². The van der Waals surface area contributed by atoms with E-state index in [9.17, 15) is 9.59 Å². The van der Waals surface area contributed by atoms with Crippen molar-refractivity contribution in [1.29, 1.82) is 0 Å². The number of aromatic nitrogens is 2. The van der Waals surface area contributed by atoms with Crippen molar-refractivity contribution < 1.29 is 14.3 Å². The summed E-state index contributed by atoms with van der Waals surface area (Å²) >= 11 is 13.4. The molecule has 1 aromatic carbocycles. The number of nitrogens with one attached hydrogen (secondary N) is 1. The van der Waals surface area contributed by atoms with Crippen molar-refractivity contribution in [3.63, 3.8) is 0 Å². The molecule has 2 amide bonds. The Morgan fingerprint density at radius 1 is 1.24 bits per heavy atom. The number of hydrogen-bond acceptors (Lipinski definition) is 8. The number of carbonyl (C=O) groups is 2. The SMILES string of the molecule is CC(C)(C)OC(=O)N1CC[C@@H](Nc2nc(-c3ccc(Cl)c(Cl)c3)c3c(N)c(C(N)=O)sc3n2)C1. The van der Waals surface area contributed by atoms with Gasteiger partial charge < -0.3 is 26.4 Å². The van der Waals surface area contributed by atoms with Crippen LogP contribution in [0, 0.1) is 0 Å². The van der Waals surface area contributed by atoms with Crippen molar-refractivity contribution in [2.75, 3.05) is 24.1 Å². The number of hydrogen-bond donors (Lipinski definition) is 3. The van der Waals surface area contributed by atoms with Gasteiger partial charge in [-0.3, -0.25) is 4.79 Å². The summed E-state index contributed by atoms with van der Waals surface area (Å²) in [5, 5.41) is 4.57. The molecule has 34 heavy (non-hydrogen) atoms. The Bertz CT molecular complexity index is 1290. The number of rotatable bonds is 4. The quantitative estimate of drug-likeness (QED) is 0.448. The topological polar surface area (TPSA) is 136 Å². The fraction of sp³-hybridized carbons (Fsp3) is 0.364. The number of nitrogens with zero attached hydrogens (tertiary/aromatic N) is 3. The van der Waals surface area contributed by atoms with Crippen LogP contribution < -0.4 is 16.8 Å². The van der Waals surface area contributed by atoms with Gasteiger partial charge in [0.1, 0.15) is 15.3 Å². The molecule has 3 aromatic rings. The molecule has 0 unspecified atom stereocenters. The van der Waals surface area contributed by atoms with Crippen molar-refractivity contribution >= 4 is 68.4 Å². The summed E-state index contributed by atoms with van der Waals surface area (Å²) in [6.45, 7) is 6.48. The molecule has 5 N–H and O–H groups in total. The van der Waals surface area contributed by atoms with Crippen LogP contribution in [0.25, 0.3) is 21.5 Å². The zero-order chi connectivity index (χ0) is 24.8. The Labute approximate surface area is 210 Å². The van der Waals surface area contributed by atoms with Crippen LogP contribution in [0.1, 0.15) is 36.9 Å². The van der Waals surface area contributed by atoms with E-state index < -0.39 is 11.5 Å². The van der Waals surface area contributed by atoms with E-state index in [1.165, 1.54) is 0 Å². The molecule has 180 valence electrons. The maximum absolute atomic E-state index is 12.4. The van der Waals surface area contributed by atoms with Crippen LogP contribution >= 0.6 is 34.5 Å². The van der Waals surface area contributed by atoms with E-state index in [1.807, 2.05) is 20.8 Å². The molecule has 4 rings (SSSR count). The number of fused-ring (bicyclic) bond motifs is 1. The van der Waals surface area contributed by atoms with Gasteiger partial charge in [0.15, 0.2) is 0 Å². The average molecular weight is 523 g/mol. The summed E-state index contributed by atoms with van der Waals surface area (Å²) in [5.74, 6) is -0.305. The van der Waals surface area contributed by atoms with Crippen molar-refractivity contribution in [3.8, 4) is 11.3 Å². The van der Waals surface area contributed by atoms with Crippen LogP contribution in [0.3, 0.4) is 0 Å². The summed E-state index contributed by atoms with van der Waals surface area (Å²) in [7, 11) is 0. The van der Waals surface area contributed by atoms with Gasteiger partial charge in [-0.1, -0.05) is 29.3 Å². The minimum absolute atomic E-state index is 0.0838. The van der Waals surface area contributed by atoms with Crippen molar-refractivity contribution in [2.24, 2.45) is 5.73 Å². The normalized spacial score (nSPS) is 16.1. The van der Waals surface area contributed by atoms with Crippen LogP contribution in [0.2, 0.25) is 10.0 Å². The van der Waals surface area contributed by atoms with Crippen LogP contribution in [0.4, 0.5) is 16.4 Å². The Kier molecular flexibility index (Phi) is 6.50. The third kappa shape index (κ3) is 4.98. The largest absolute Gasteiger partial charge is 0.444 e. The minimum atomic E-state index is -0.640. The zero-order valence-electron chi connectivity index (χ0n) is 18.8. The third-order valence-electron chi connectivity index (χ3n) is 5.18. The monoisotopic (exact) mass is 522 g/mol. The van der Waals surface area contributed by atoms with Gasteiger partial charge in [0.25, 0.3) is 5.91 Å². The molecule has 1 aliphatic rings. The summed E-state index contributed by atoms with van der Waals surface area (Å²) in [6, 6.07) is 5.02. The Hall–Kier alpha value is -2.82. The average Bonchev–Trinajstić information content (AvgIpc) is 3.33. The molecule has 3 heterocycles. The molecule has 0 radical (unpaired) electrons. The van der Waals surface area contributed by atoms with E-state index in [0.717, 1.165) is 11.3 Å². The van der Waals surface area contributed by atoms with E-state index in [2.05, 4.69) is 15.3 Å². The highest BCUT2D eigenvalue weighted by Crippen LogP contribution is 2.40. The first-order chi connectivity index (χ1) is 15.9. The molecule has 1 atom stereocenters. The number of benzene rings is 1. The van der Waals surface area contributed by atoms with E-state index in [4.69, 9.17) is 39.4 Å². The number of carbonyl (C=O) groups excluding carboxylic acids is 2. The Balaban J connectivity index is 1.68. The lowest BCUT2D eigenvalue weighted by molar-refractivity contribution is 0.0293. The second-order valence-corrected chi connectivity index (χ2v) is 10.8. The van der Waals surface area contributed by atoms with Gasteiger partial charge in [-0.15, -0.1) is 11.3 Å². The van der Waals surface area contributed by atoms with Crippen molar-refractivity contribution in [3.05, 3.63) is 33.1 Å². The van der Waals surface area contributed by atoms with Gasteiger partial charge in [0.05, 0.1) is 26.8 Å². The summed E-state index contributed by atoms with van der Waals surface area (Å²) in [5.41, 5.74) is 12.6. The van der Waals surface area contributed by atoms with Gasteiger partial charge >= 0.3 is 6.09 Å². The first-order valence-corrected chi connectivity index (χ1v) is 12.1. The first-order valence-electron chi connectivity index (χ1n) is 10.5. The summed E-state index contributed by atoms with van der Waals surface area (Å²) in [4.78, 5) is 35.9. The minimum Gasteiger partial charge on any atom is -0.444 e. The number of anilines is 2. The fourth-order valence-electron chi connectivity index (χ4n) is 3.67. The Morgan fingerprint density at radius 2 is 1.97 bits per heavy atom. The maximum atomic E-state index is 12.4. The van der Waals surface area contributed by atoms with E-state index in [1.54, 1.807) is 23.1 Å². The highest BCUT2D eigenvalue weighted by Gasteiger charge is 2.30. The zero-order valence-corrected chi connectivity index (χ0v) is 21.1. The lowest BCUT2D eigenvalue weighted by Gasteiger charge is -2.24. The number of amides is 2. The molecule has 1 fully saturated rings. The standard InChI is InChI=1S/C22H24Cl2N6O3S/c1-22(2,3)33-21(32)30-7-6-11(9-30)27-20-28-16(10-4-5-12(23)13(24)8-10)14-15(25)17(18(26)31)34-19(14)29-20/h4-5,8,11H,6-7,9,25H2,1-3H3,(H2,26,31)(H,27,28,29)/t11-/m1/s1. The van der Waals surface area contributed by atoms with Gasteiger partial charge in [0, 0.05) is 24.7 Å². The molecule has 0 spiro atoms. The lowest BCUT2D eigenvalue weighted by Crippen LogP contribution is -2.36. The van der Waals surface area contributed by atoms with Crippen LogP contribution in [0.15, 0.2) is 18.2 Å². The number of halogens is 2. The van der Waals surface area contributed by atoms with Crippen LogP contribution in [-0.4, -0.2) is 51.6 Å². The number of thiophene rings is 1. The summed E-state index contributed by atoms with van der Waals surface area (Å²) < 4.78 is 5.46. The second-order valence-electron chi connectivity index (χ2n) is 8.97. The van der Waals surface area contributed by atoms with Gasteiger partial charge in [0.2, 0.25) is 5.95 Å². The predicted octanol–water partition coefficient (Wildman–Crippen LogP) is 4.77. The van der Waals surface area contributed by atoms with E-state index in [0.29, 0.717) is 57.0 Å². The first kappa shape index (κ1) is 24.3. The van der Waals surface area contributed by atoms with Gasteiger partial charge in [-0.2, -0.15) is 0 Å². The number of likely N-dealkylation sites (tertiary alicyclic amines) is 1.